The molecule has 16 heavy (non-hydrogen) atoms. The number of hydrogen-bond acceptors (Lipinski definition) is 5. The fraction of sp³-hybridized carbons (Fsp3) is 1.00. The average Bonchev–Trinajstić information content (AvgIpc) is 2.25. The summed E-state index contributed by atoms with van der Waals surface area (Å²) in [6.45, 7) is 2.12. The highest BCUT2D eigenvalue weighted by Gasteiger charge is 2.32. The van der Waals surface area contributed by atoms with Gasteiger partial charge in [0.2, 0.25) is 0 Å². The van der Waals surface area contributed by atoms with Gasteiger partial charge in [-0.1, -0.05) is 0 Å². The molecule has 1 unspecified atom stereocenters. The highest BCUT2D eigenvalue weighted by atomic mass is 32.2. The van der Waals surface area contributed by atoms with Crippen molar-refractivity contribution < 1.29 is 17.9 Å². The summed E-state index contributed by atoms with van der Waals surface area (Å²) in [7, 11) is -2.90. The van der Waals surface area contributed by atoms with Crippen molar-refractivity contribution in [2.75, 3.05) is 38.4 Å². The number of nitrogens with two attached hydrogens (primary N) is 1. The summed E-state index contributed by atoms with van der Waals surface area (Å²) in [5.74, 6) is 0.161. The Balaban J connectivity index is 2.28. The molecular weight excluding hydrogens is 230 g/mol. The topological polar surface area (TPSA) is 78.6 Å². The quantitative estimate of drug-likeness (QED) is 0.669. The van der Waals surface area contributed by atoms with E-state index in [0.717, 1.165) is 19.4 Å². The van der Waals surface area contributed by atoms with Crippen LogP contribution in [0.2, 0.25) is 0 Å². The fourth-order valence-corrected chi connectivity index (χ4v) is 2.41. The van der Waals surface area contributed by atoms with E-state index >= 15 is 0 Å². The van der Waals surface area contributed by atoms with E-state index < -0.39 is 15.4 Å². The second kappa shape index (κ2) is 5.95. The molecule has 1 atom stereocenters. The van der Waals surface area contributed by atoms with Crippen molar-refractivity contribution >= 4 is 9.84 Å². The van der Waals surface area contributed by atoms with Crippen molar-refractivity contribution in [1.82, 2.24) is 0 Å². The molecular formula is C10H21NO4S. The van der Waals surface area contributed by atoms with Gasteiger partial charge < -0.3 is 15.2 Å². The molecule has 6 heteroatoms. The Hall–Kier alpha value is -0.170. The van der Waals surface area contributed by atoms with E-state index in [9.17, 15) is 8.42 Å². The van der Waals surface area contributed by atoms with Crippen LogP contribution in [0.3, 0.4) is 0 Å². The molecule has 0 bridgehead atoms. The normalized spacial score (nSPS) is 26.9. The lowest BCUT2D eigenvalue weighted by atomic mass is 9.96. The van der Waals surface area contributed by atoms with Gasteiger partial charge in [0.1, 0.15) is 15.4 Å². The third-order valence-electron chi connectivity index (χ3n) is 2.73. The Bertz CT molecular complexity index is 296. The van der Waals surface area contributed by atoms with E-state index in [1.807, 2.05) is 0 Å². The standard InChI is InChI=1S/C10H21NO4S/c1-16(12,13)7-3-6-15-10(8-11)4-2-5-14-9-10/h2-9,11H2,1H3. The van der Waals surface area contributed by atoms with Crippen molar-refractivity contribution in [3.63, 3.8) is 0 Å². The van der Waals surface area contributed by atoms with Crippen LogP contribution in [0, 0.1) is 0 Å². The first kappa shape index (κ1) is 13.9. The summed E-state index contributed by atoms with van der Waals surface area (Å²) in [5.41, 5.74) is 5.29. The third kappa shape index (κ3) is 4.78. The van der Waals surface area contributed by atoms with Gasteiger partial charge in [0.25, 0.3) is 0 Å². The molecule has 0 aromatic carbocycles. The molecule has 2 N–H and O–H groups in total. The molecule has 5 nitrogen and oxygen atoms in total. The summed E-state index contributed by atoms with van der Waals surface area (Å²) in [5, 5.41) is 0. The van der Waals surface area contributed by atoms with Gasteiger partial charge in [-0.05, 0) is 19.3 Å². The molecule has 1 fully saturated rings. The minimum atomic E-state index is -2.90. The van der Waals surface area contributed by atoms with Crippen LogP contribution in [0.1, 0.15) is 19.3 Å². The number of sulfone groups is 1. The summed E-state index contributed by atoms with van der Waals surface area (Å²) >= 11 is 0. The molecule has 1 aliphatic heterocycles. The molecule has 0 aromatic heterocycles. The highest BCUT2D eigenvalue weighted by molar-refractivity contribution is 7.90. The van der Waals surface area contributed by atoms with E-state index in [-0.39, 0.29) is 5.75 Å². The Morgan fingerprint density at radius 1 is 1.50 bits per heavy atom. The predicted molar refractivity (Wildman–Crippen MR) is 62.1 cm³/mol. The fourth-order valence-electron chi connectivity index (χ4n) is 1.77. The van der Waals surface area contributed by atoms with Gasteiger partial charge in [-0.3, -0.25) is 0 Å². The SMILES string of the molecule is CS(=O)(=O)CCCOC1(CN)CCCOC1. The average molecular weight is 251 g/mol. The maximum absolute atomic E-state index is 10.9. The van der Waals surface area contributed by atoms with Crippen molar-refractivity contribution in [2.45, 2.75) is 24.9 Å². The smallest absolute Gasteiger partial charge is 0.147 e. The van der Waals surface area contributed by atoms with Crippen LogP contribution in [-0.2, 0) is 19.3 Å². The third-order valence-corrected chi connectivity index (χ3v) is 3.76. The van der Waals surface area contributed by atoms with Crippen molar-refractivity contribution in [3.05, 3.63) is 0 Å². The van der Waals surface area contributed by atoms with Gasteiger partial charge in [-0.25, -0.2) is 8.42 Å². The van der Waals surface area contributed by atoms with Crippen LogP contribution < -0.4 is 5.73 Å². The number of rotatable bonds is 6. The molecule has 1 heterocycles. The zero-order valence-corrected chi connectivity index (χ0v) is 10.6. The minimum Gasteiger partial charge on any atom is -0.378 e. The first-order valence-corrected chi connectivity index (χ1v) is 7.63. The van der Waals surface area contributed by atoms with Crippen LogP contribution >= 0.6 is 0 Å². The highest BCUT2D eigenvalue weighted by Crippen LogP contribution is 2.22. The second-order valence-electron chi connectivity index (χ2n) is 4.38. The molecule has 0 aromatic rings. The van der Waals surface area contributed by atoms with E-state index in [2.05, 4.69) is 0 Å². The summed E-state index contributed by atoms with van der Waals surface area (Å²) in [6, 6.07) is 0. The summed E-state index contributed by atoms with van der Waals surface area (Å²) in [6.07, 6.45) is 3.58. The zero-order chi connectivity index (χ0) is 12.1. The molecule has 1 aliphatic rings. The van der Waals surface area contributed by atoms with Crippen molar-refractivity contribution in [2.24, 2.45) is 5.73 Å². The van der Waals surface area contributed by atoms with Crippen LogP contribution in [0.25, 0.3) is 0 Å². The maximum atomic E-state index is 10.9. The largest absolute Gasteiger partial charge is 0.378 e. The van der Waals surface area contributed by atoms with Crippen LogP contribution in [-0.4, -0.2) is 52.4 Å². The van der Waals surface area contributed by atoms with Gasteiger partial charge in [0.15, 0.2) is 0 Å². The van der Waals surface area contributed by atoms with Crippen molar-refractivity contribution in [3.8, 4) is 0 Å². The van der Waals surface area contributed by atoms with Gasteiger partial charge in [-0.2, -0.15) is 0 Å². The van der Waals surface area contributed by atoms with Gasteiger partial charge in [0.05, 0.1) is 12.4 Å². The van der Waals surface area contributed by atoms with Crippen LogP contribution in [0.15, 0.2) is 0 Å². The molecule has 1 rings (SSSR count). The predicted octanol–water partition coefficient (Wildman–Crippen LogP) is -0.0544. The van der Waals surface area contributed by atoms with E-state index in [0.29, 0.717) is 26.2 Å². The van der Waals surface area contributed by atoms with Crippen LogP contribution in [0.5, 0.6) is 0 Å². The molecule has 0 saturated carbocycles. The summed E-state index contributed by atoms with van der Waals surface area (Å²) in [4.78, 5) is 0. The monoisotopic (exact) mass is 251 g/mol. The van der Waals surface area contributed by atoms with Gasteiger partial charge >= 0.3 is 0 Å². The maximum Gasteiger partial charge on any atom is 0.147 e. The lowest BCUT2D eigenvalue weighted by Gasteiger charge is -2.35. The second-order valence-corrected chi connectivity index (χ2v) is 6.63. The molecule has 96 valence electrons. The lowest BCUT2D eigenvalue weighted by molar-refractivity contribution is -0.122. The Kier molecular flexibility index (Phi) is 5.17. The summed E-state index contributed by atoms with van der Waals surface area (Å²) < 4.78 is 32.9. The first-order valence-electron chi connectivity index (χ1n) is 5.57. The molecule has 1 saturated heterocycles. The Morgan fingerprint density at radius 2 is 2.25 bits per heavy atom. The first-order chi connectivity index (χ1) is 7.47. The van der Waals surface area contributed by atoms with Crippen LogP contribution in [0.4, 0.5) is 0 Å². The minimum absolute atomic E-state index is 0.161. The Labute approximate surface area is 97.2 Å². The zero-order valence-electron chi connectivity index (χ0n) is 9.78. The van der Waals surface area contributed by atoms with E-state index in [1.54, 1.807) is 0 Å². The van der Waals surface area contributed by atoms with Gasteiger partial charge in [0, 0.05) is 26.0 Å². The van der Waals surface area contributed by atoms with Gasteiger partial charge in [-0.15, -0.1) is 0 Å². The van der Waals surface area contributed by atoms with Crippen molar-refractivity contribution in [1.29, 1.82) is 0 Å². The molecule has 0 aliphatic carbocycles. The Morgan fingerprint density at radius 3 is 2.75 bits per heavy atom. The lowest BCUT2D eigenvalue weighted by Crippen LogP contribution is -2.48. The molecule has 0 spiro atoms. The van der Waals surface area contributed by atoms with E-state index in [4.69, 9.17) is 15.2 Å². The van der Waals surface area contributed by atoms with E-state index in [1.165, 1.54) is 6.26 Å². The molecule has 0 amide bonds. The number of hydrogen-bond donors (Lipinski definition) is 1. The number of ether oxygens (including phenoxy) is 2. The molecule has 0 radical (unpaired) electrons.